The van der Waals surface area contributed by atoms with E-state index in [4.69, 9.17) is 10.5 Å². The minimum atomic E-state index is -0.291. The van der Waals surface area contributed by atoms with Gasteiger partial charge in [0, 0.05) is 0 Å². The first-order valence-corrected chi connectivity index (χ1v) is 4.70. The van der Waals surface area contributed by atoms with Gasteiger partial charge >= 0.3 is 5.97 Å². The van der Waals surface area contributed by atoms with E-state index in [1.54, 1.807) is 6.07 Å². The Morgan fingerprint density at radius 1 is 1.47 bits per heavy atom. The van der Waals surface area contributed by atoms with Gasteiger partial charge in [-0.15, -0.1) is 0 Å². The number of nitrogen functional groups attached to an aromatic ring is 1. The van der Waals surface area contributed by atoms with Gasteiger partial charge < -0.3 is 15.2 Å². The van der Waals surface area contributed by atoms with Gasteiger partial charge in [-0.25, -0.2) is 0 Å². The lowest BCUT2D eigenvalue weighted by Gasteiger charge is -2.09. The molecule has 0 bridgehead atoms. The van der Waals surface area contributed by atoms with Crippen molar-refractivity contribution in [3.63, 3.8) is 0 Å². The molecule has 0 aliphatic carbocycles. The van der Waals surface area contributed by atoms with Crippen molar-refractivity contribution in [2.24, 2.45) is 0 Å². The van der Waals surface area contributed by atoms with E-state index in [2.05, 4.69) is 4.74 Å². The first kappa shape index (κ1) is 11.4. The molecule has 2 N–H and O–H groups in total. The first-order valence-electron chi connectivity index (χ1n) is 4.70. The summed E-state index contributed by atoms with van der Waals surface area (Å²) in [4.78, 5) is 10.8. The highest BCUT2D eigenvalue weighted by Crippen LogP contribution is 2.24. The summed E-state index contributed by atoms with van der Waals surface area (Å²) in [5.74, 6) is 0.320. The number of aryl methyl sites for hydroxylation is 1. The predicted molar refractivity (Wildman–Crippen MR) is 57.7 cm³/mol. The summed E-state index contributed by atoms with van der Waals surface area (Å²) in [6.45, 7) is 2.18. The Hall–Kier alpha value is -1.71. The zero-order valence-corrected chi connectivity index (χ0v) is 8.95. The van der Waals surface area contributed by atoms with Crippen LogP contribution in [0.2, 0.25) is 0 Å². The maximum Gasteiger partial charge on any atom is 0.308 e. The maximum absolute atomic E-state index is 10.8. The van der Waals surface area contributed by atoms with Crippen LogP contribution in [0, 0.1) is 6.92 Å². The Morgan fingerprint density at radius 2 is 2.20 bits per heavy atom. The maximum atomic E-state index is 10.8. The molecule has 0 fully saturated rings. The predicted octanol–water partition coefficient (Wildman–Crippen LogP) is 1.52. The first-order chi connectivity index (χ1) is 7.15. The Bertz CT molecular complexity index is 350. The lowest BCUT2D eigenvalue weighted by atomic mass is 10.2. The van der Waals surface area contributed by atoms with Crippen molar-refractivity contribution < 1.29 is 14.3 Å². The number of nitrogens with two attached hydrogens (primary N) is 1. The fourth-order valence-corrected chi connectivity index (χ4v) is 1.13. The van der Waals surface area contributed by atoms with E-state index in [1.807, 2.05) is 19.1 Å². The van der Waals surface area contributed by atoms with Crippen LogP contribution in [0.5, 0.6) is 5.75 Å². The Morgan fingerprint density at radius 3 is 2.87 bits per heavy atom. The fourth-order valence-electron chi connectivity index (χ4n) is 1.13. The van der Waals surface area contributed by atoms with Crippen molar-refractivity contribution in [2.75, 3.05) is 19.5 Å². The van der Waals surface area contributed by atoms with Gasteiger partial charge in [0.05, 0.1) is 25.8 Å². The number of hydrogen-bond acceptors (Lipinski definition) is 4. The number of para-hydroxylation sites is 1. The van der Waals surface area contributed by atoms with Gasteiger partial charge in [-0.3, -0.25) is 4.79 Å². The van der Waals surface area contributed by atoms with Gasteiger partial charge in [-0.2, -0.15) is 0 Å². The molecule has 1 aromatic rings. The molecule has 0 aliphatic rings. The van der Waals surface area contributed by atoms with Crippen LogP contribution in [0.4, 0.5) is 5.69 Å². The topological polar surface area (TPSA) is 61.5 Å². The normalized spacial score (nSPS) is 9.73. The highest BCUT2D eigenvalue weighted by atomic mass is 16.5. The minimum absolute atomic E-state index is 0.226. The molecule has 0 radical (unpaired) electrons. The third-order valence-corrected chi connectivity index (χ3v) is 2.08. The summed E-state index contributed by atoms with van der Waals surface area (Å²) in [5.41, 5.74) is 7.37. The Kier molecular flexibility index (Phi) is 3.97. The molecular formula is C11H15NO3. The van der Waals surface area contributed by atoms with Crippen molar-refractivity contribution in [3.8, 4) is 5.75 Å². The number of benzene rings is 1. The van der Waals surface area contributed by atoms with Crippen molar-refractivity contribution in [1.82, 2.24) is 0 Å². The van der Waals surface area contributed by atoms with Crippen LogP contribution < -0.4 is 10.5 Å². The van der Waals surface area contributed by atoms with Crippen LogP contribution in [-0.4, -0.2) is 19.7 Å². The molecule has 82 valence electrons. The van der Waals surface area contributed by atoms with Gasteiger partial charge in [-0.05, 0) is 18.6 Å². The van der Waals surface area contributed by atoms with Crippen LogP contribution in [0.25, 0.3) is 0 Å². The van der Waals surface area contributed by atoms with Crippen LogP contribution in [0.3, 0.4) is 0 Å². The van der Waals surface area contributed by atoms with Gasteiger partial charge in [0.15, 0.2) is 0 Å². The molecule has 4 heteroatoms. The average molecular weight is 209 g/mol. The zero-order valence-electron chi connectivity index (χ0n) is 8.95. The zero-order chi connectivity index (χ0) is 11.3. The molecule has 0 aliphatic heterocycles. The highest BCUT2D eigenvalue weighted by Gasteiger charge is 2.04. The highest BCUT2D eigenvalue weighted by molar-refractivity contribution is 5.69. The molecule has 0 atom stereocenters. The third kappa shape index (κ3) is 3.16. The standard InChI is InChI=1S/C11H15NO3/c1-8-4-3-5-9(11(8)12)15-7-6-10(13)14-2/h3-5H,6-7,12H2,1-2H3. The molecular weight excluding hydrogens is 194 g/mol. The minimum Gasteiger partial charge on any atom is -0.491 e. The van der Waals surface area contributed by atoms with E-state index >= 15 is 0 Å². The third-order valence-electron chi connectivity index (χ3n) is 2.08. The molecule has 0 spiro atoms. The molecule has 0 unspecified atom stereocenters. The van der Waals surface area contributed by atoms with Gasteiger partial charge in [0.2, 0.25) is 0 Å². The quantitative estimate of drug-likeness (QED) is 0.603. The van der Waals surface area contributed by atoms with E-state index < -0.39 is 0 Å². The van der Waals surface area contributed by atoms with E-state index in [0.717, 1.165) is 5.56 Å². The number of anilines is 1. The molecule has 15 heavy (non-hydrogen) atoms. The number of rotatable bonds is 4. The van der Waals surface area contributed by atoms with Crippen molar-refractivity contribution >= 4 is 11.7 Å². The second-order valence-electron chi connectivity index (χ2n) is 3.16. The lowest BCUT2D eigenvalue weighted by molar-refractivity contribution is -0.141. The number of esters is 1. The molecule has 0 saturated carbocycles. The summed E-state index contributed by atoms with van der Waals surface area (Å²) < 4.78 is 9.86. The molecule has 0 aromatic heterocycles. The van der Waals surface area contributed by atoms with Crippen molar-refractivity contribution in [1.29, 1.82) is 0 Å². The summed E-state index contributed by atoms with van der Waals surface area (Å²) in [6.07, 6.45) is 0.226. The molecule has 4 nitrogen and oxygen atoms in total. The van der Waals surface area contributed by atoms with Crippen molar-refractivity contribution in [3.05, 3.63) is 23.8 Å². The van der Waals surface area contributed by atoms with Crippen LogP contribution in [0.15, 0.2) is 18.2 Å². The van der Waals surface area contributed by atoms with Crippen LogP contribution in [0.1, 0.15) is 12.0 Å². The number of carbonyl (C=O) groups is 1. The van der Waals surface area contributed by atoms with Crippen molar-refractivity contribution in [2.45, 2.75) is 13.3 Å². The summed E-state index contributed by atoms with van der Waals surface area (Å²) in [5, 5.41) is 0. The number of hydrogen-bond donors (Lipinski definition) is 1. The second kappa shape index (κ2) is 5.24. The van der Waals surface area contributed by atoms with E-state index in [0.29, 0.717) is 11.4 Å². The fraction of sp³-hybridized carbons (Fsp3) is 0.364. The molecule has 0 heterocycles. The van der Waals surface area contributed by atoms with Gasteiger partial charge in [0.25, 0.3) is 0 Å². The molecule has 1 aromatic carbocycles. The summed E-state index contributed by atoms with van der Waals surface area (Å²) in [6, 6.07) is 5.54. The van der Waals surface area contributed by atoms with Crippen LogP contribution in [-0.2, 0) is 9.53 Å². The summed E-state index contributed by atoms with van der Waals surface area (Å²) >= 11 is 0. The smallest absolute Gasteiger partial charge is 0.308 e. The SMILES string of the molecule is COC(=O)CCOc1cccc(C)c1N. The van der Waals surface area contributed by atoms with Crippen LogP contribution >= 0.6 is 0 Å². The second-order valence-corrected chi connectivity index (χ2v) is 3.16. The molecule has 1 rings (SSSR count). The average Bonchev–Trinajstić information content (AvgIpc) is 2.24. The lowest BCUT2D eigenvalue weighted by Crippen LogP contribution is -2.08. The van der Waals surface area contributed by atoms with Gasteiger partial charge in [-0.1, -0.05) is 12.1 Å². The van der Waals surface area contributed by atoms with Gasteiger partial charge in [0.1, 0.15) is 5.75 Å². The van der Waals surface area contributed by atoms with E-state index in [1.165, 1.54) is 7.11 Å². The number of carbonyl (C=O) groups excluding carboxylic acids is 1. The molecule has 0 saturated heterocycles. The van der Waals surface area contributed by atoms with E-state index in [9.17, 15) is 4.79 Å². The van der Waals surface area contributed by atoms with E-state index in [-0.39, 0.29) is 19.0 Å². The number of ether oxygens (including phenoxy) is 2. The monoisotopic (exact) mass is 209 g/mol. The summed E-state index contributed by atoms with van der Waals surface area (Å²) in [7, 11) is 1.35. The largest absolute Gasteiger partial charge is 0.491 e. The Labute approximate surface area is 89.0 Å². The number of methoxy groups -OCH3 is 1. The Balaban J connectivity index is 2.51. The molecule has 0 amide bonds.